The summed E-state index contributed by atoms with van der Waals surface area (Å²) < 4.78 is 0.988. The van der Waals surface area contributed by atoms with Crippen LogP contribution in [0.1, 0.15) is 30.5 Å². The van der Waals surface area contributed by atoms with E-state index in [1.54, 1.807) is 6.20 Å². The molecule has 100 valence electrons. The number of rotatable bonds is 5. The lowest BCUT2D eigenvalue weighted by Gasteiger charge is -2.19. The highest BCUT2D eigenvalue weighted by atomic mass is 79.9. The maximum atomic E-state index is 6.14. The second kappa shape index (κ2) is 7.04. The van der Waals surface area contributed by atoms with Gasteiger partial charge in [0.1, 0.15) is 0 Å². The van der Waals surface area contributed by atoms with Crippen molar-refractivity contribution in [3.63, 3.8) is 0 Å². The van der Waals surface area contributed by atoms with Crippen LogP contribution >= 0.6 is 27.5 Å². The first-order valence-corrected chi connectivity index (χ1v) is 7.47. The molecule has 1 atom stereocenters. The van der Waals surface area contributed by atoms with Crippen molar-refractivity contribution in [2.75, 3.05) is 6.54 Å². The normalized spacial score (nSPS) is 12.4. The van der Waals surface area contributed by atoms with E-state index < -0.39 is 0 Å². The first-order chi connectivity index (χ1) is 9.20. The van der Waals surface area contributed by atoms with Crippen molar-refractivity contribution in [3.05, 3.63) is 63.3 Å². The zero-order valence-electron chi connectivity index (χ0n) is 10.7. The summed E-state index contributed by atoms with van der Waals surface area (Å²) in [5, 5.41) is 4.27. The van der Waals surface area contributed by atoms with Gasteiger partial charge >= 0.3 is 0 Å². The molecular weight excluding hydrogens is 324 g/mol. The van der Waals surface area contributed by atoms with Crippen LogP contribution in [0.3, 0.4) is 0 Å². The Hall–Kier alpha value is -0.900. The maximum Gasteiger partial charge on any atom is 0.0592 e. The Bertz CT molecular complexity index is 511. The second-order valence-electron chi connectivity index (χ2n) is 4.38. The smallest absolute Gasteiger partial charge is 0.0592 e. The molecule has 19 heavy (non-hydrogen) atoms. The molecule has 0 aliphatic heterocycles. The summed E-state index contributed by atoms with van der Waals surface area (Å²) in [7, 11) is 0. The Morgan fingerprint density at radius 3 is 2.79 bits per heavy atom. The molecule has 0 saturated heterocycles. The van der Waals surface area contributed by atoms with Gasteiger partial charge in [0.2, 0.25) is 0 Å². The summed E-state index contributed by atoms with van der Waals surface area (Å²) in [4.78, 5) is 4.20. The summed E-state index contributed by atoms with van der Waals surface area (Å²) in [6, 6.07) is 10.1. The van der Waals surface area contributed by atoms with E-state index in [1.165, 1.54) is 0 Å². The third-order valence-corrected chi connectivity index (χ3v) is 3.51. The van der Waals surface area contributed by atoms with Crippen LogP contribution in [0.25, 0.3) is 0 Å². The van der Waals surface area contributed by atoms with E-state index in [2.05, 4.69) is 45.3 Å². The lowest BCUT2D eigenvalue weighted by molar-refractivity contribution is 0.597. The summed E-state index contributed by atoms with van der Waals surface area (Å²) in [6.45, 7) is 3.10. The van der Waals surface area contributed by atoms with E-state index in [9.17, 15) is 0 Å². The lowest BCUT2D eigenvalue weighted by Crippen LogP contribution is -2.23. The van der Waals surface area contributed by atoms with Crippen LogP contribution in [0, 0.1) is 0 Å². The quantitative estimate of drug-likeness (QED) is 0.862. The summed E-state index contributed by atoms with van der Waals surface area (Å²) >= 11 is 9.64. The molecule has 4 heteroatoms. The van der Waals surface area contributed by atoms with Gasteiger partial charge in [0.25, 0.3) is 0 Å². The van der Waals surface area contributed by atoms with E-state index in [0.29, 0.717) is 0 Å². The van der Waals surface area contributed by atoms with Crippen molar-refractivity contribution in [1.29, 1.82) is 0 Å². The van der Waals surface area contributed by atoms with E-state index >= 15 is 0 Å². The summed E-state index contributed by atoms with van der Waals surface area (Å²) in [5.74, 6) is 0. The molecule has 0 spiro atoms. The molecule has 1 heterocycles. The molecular formula is C15H16BrClN2. The molecule has 2 aromatic rings. The maximum absolute atomic E-state index is 6.14. The van der Waals surface area contributed by atoms with Crippen LogP contribution in [0.4, 0.5) is 0 Å². The fourth-order valence-corrected chi connectivity index (χ4v) is 2.89. The molecule has 1 N–H and O–H groups in total. The zero-order chi connectivity index (χ0) is 13.7. The monoisotopic (exact) mass is 338 g/mol. The van der Waals surface area contributed by atoms with Gasteiger partial charge < -0.3 is 5.32 Å². The first-order valence-electron chi connectivity index (χ1n) is 6.30. The molecule has 2 nitrogen and oxygen atoms in total. The number of nitrogens with one attached hydrogen (secondary N) is 1. The number of hydrogen-bond donors (Lipinski definition) is 1. The number of aromatic nitrogens is 1. The molecule has 0 fully saturated rings. The van der Waals surface area contributed by atoms with Gasteiger partial charge in [-0.3, -0.25) is 4.98 Å². The van der Waals surface area contributed by atoms with Gasteiger partial charge in [-0.1, -0.05) is 40.5 Å². The fraction of sp³-hybridized carbons (Fsp3) is 0.267. The molecule has 0 aliphatic rings. The SMILES string of the molecule is CCCNC(c1cccnc1)c1cc(Cl)cc(Br)c1. The summed E-state index contributed by atoms with van der Waals surface area (Å²) in [6.07, 6.45) is 4.76. The minimum atomic E-state index is 0.114. The molecule has 0 radical (unpaired) electrons. The second-order valence-corrected chi connectivity index (χ2v) is 5.73. The van der Waals surface area contributed by atoms with E-state index in [-0.39, 0.29) is 6.04 Å². The van der Waals surface area contributed by atoms with Crippen molar-refractivity contribution in [3.8, 4) is 0 Å². The van der Waals surface area contributed by atoms with Crippen LogP contribution in [0.5, 0.6) is 0 Å². The Balaban J connectivity index is 2.36. The minimum Gasteiger partial charge on any atom is -0.306 e. The average Bonchev–Trinajstić information content (AvgIpc) is 2.39. The number of benzene rings is 1. The van der Waals surface area contributed by atoms with Crippen molar-refractivity contribution in [2.24, 2.45) is 0 Å². The summed E-state index contributed by atoms with van der Waals surface area (Å²) in [5.41, 5.74) is 2.28. The van der Waals surface area contributed by atoms with Gasteiger partial charge in [-0.05, 0) is 48.4 Å². The molecule has 0 bridgehead atoms. The molecule has 1 aromatic carbocycles. The van der Waals surface area contributed by atoms with Gasteiger partial charge in [-0.2, -0.15) is 0 Å². The Morgan fingerprint density at radius 1 is 1.32 bits per heavy atom. The van der Waals surface area contributed by atoms with Crippen molar-refractivity contribution in [1.82, 2.24) is 10.3 Å². The molecule has 0 amide bonds. The van der Waals surface area contributed by atoms with Crippen molar-refractivity contribution < 1.29 is 0 Å². The molecule has 0 saturated carbocycles. The predicted molar refractivity (Wildman–Crippen MR) is 83.5 cm³/mol. The molecule has 1 unspecified atom stereocenters. The number of nitrogens with zero attached hydrogens (tertiary/aromatic N) is 1. The highest BCUT2D eigenvalue weighted by molar-refractivity contribution is 9.10. The third-order valence-electron chi connectivity index (χ3n) is 2.83. The minimum absolute atomic E-state index is 0.114. The van der Waals surface area contributed by atoms with Crippen LogP contribution in [0.2, 0.25) is 5.02 Å². The van der Waals surface area contributed by atoms with Gasteiger partial charge in [-0.25, -0.2) is 0 Å². The highest BCUT2D eigenvalue weighted by Gasteiger charge is 2.14. The molecule has 2 rings (SSSR count). The van der Waals surface area contributed by atoms with Gasteiger partial charge in [0.15, 0.2) is 0 Å². The van der Waals surface area contributed by atoms with Gasteiger partial charge in [0.05, 0.1) is 6.04 Å². The largest absolute Gasteiger partial charge is 0.306 e. The topological polar surface area (TPSA) is 24.9 Å². The van der Waals surface area contributed by atoms with Crippen molar-refractivity contribution >= 4 is 27.5 Å². The van der Waals surface area contributed by atoms with Crippen LogP contribution < -0.4 is 5.32 Å². The van der Waals surface area contributed by atoms with E-state index in [1.807, 2.05) is 24.4 Å². The van der Waals surface area contributed by atoms with Gasteiger partial charge in [-0.15, -0.1) is 0 Å². The zero-order valence-corrected chi connectivity index (χ0v) is 13.1. The Kier molecular flexibility index (Phi) is 5.37. The molecule has 0 aliphatic carbocycles. The van der Waals surface area contributed by atoms with Crippen LogP contribution in [-0.2, 0) is 0 Å². The van der Waals surface area contributed by atoms with E-state index in [4.69, 9.17) is 11.6 Å². The third kappa shape index (κ3) is 4.03. The van der Waals surface area contributed by atoms with E-state index in [0.717, 1.165) is 33.6 Å². The predicted octanol–water partition coefficient (Wildman–Crippen LogP) is 4.59. The fourth-order valence-electron chi connectivity index (χ4n) is 2.01. The number of hydrogen-bond acceptors (Lipinski definition) is 2. The average molecular weight is 340 g/mol. The standard InChI is InChI=1S/C15H16BrClN2/c1-2-5-19-15(11-4-3-6-18-10-11)12-7-13(16)9-14(17)8-12/h3-4,6-10,15,19H,2,5H2,1H3. The van der Waals surface area contributed by atoms with Crippen LogP contribution in [0.15, 0.2) is 47.2 Å². The highest BCUT2D eigenvalue weighted by Crippen LogP contribution is 2.27. The number of halogens is 2. The van der Waals surface area contributed by atoms with Crippen molar-refractivity contribution in [2.45, 2.75) is 19.4 Å². The Labute approximate surface area is 127 Å². The lowest BCUT2D eigenvalue weighted by atomic mass is 10.00. The van der Waals surface area contributed by atoms with Gasteiger partial charge in [0, 0.05) is 21.9 Å². The molecule has 1 aromatic heterocycles. The Morgan fingerprint density at radius 2 is 2.16 bits per heavy atom. The first kappa shape index (κ1) is 14.5. The number of pyridine rings is 1. The van der Waals surface area contributed by atoms with Crippen LogP contribution in [-0.4, -0.2) is 11.5 Å².